The topological polar surface area (TPSA) is 32.7 Å². The van der Waals surface area contributed by atoms with E-state index in [4.69, 9.17) is 4.74 Å². The normalized spacial score (nSPS) is 19.3. The van der Waals surface area contributed by atoms with Crippen LogP contribution in [-0.4, -0.2) is 48.5 Å². The number of hydrogen-bond donors (Lipinski definition) is 1. The lowest BCUT2D eigenvalue weighted by atomic mass is 10.1. The molecule has 0 bridgehead atoms. The molecule has 0 amide bonds. The number of β-amino-alcohol motifs (C(OH)–C–C–N with tert-alkyl or cyclic N) is 1. The van der Waals surface area contributed by atoms with E-state index in [0.29, 0.717) is 6.10 Å². The van der Waals surface area contributed by atoms with Gasteiger partial charge >= 0.3 is 0 Å². The molecule has 28 heavy (non-hydrogen) atoms. The highest BCUT2D eigenvalue weighted by molar-refractivity contribution is 4.92. The van der Waals surface area contributed by atoms with Gasteiger partial charge in [0, 0.05) is 26.2 Å². The fourth-order valence-corrected chi connectivity index (χ4v) is 3.81. The van der Waals surface area contributed by atoms with Crippen LogP contribution in [0.15, 0.2) is 24.3 Å². The van der Waals surface area contributed by atoms with Gasteiger partial charge < -0.3 is 9.84 Å². The van der Waals surface area contributed by atoms with E-state index in [9.17, 15) is 5.11 Å². The smallest absolute Gasteiger partial charge is 0.0714 e. The average molecular weight is 394 g/mol. The number of hydrogen-bond acceptors (Lipinski definition) is 3. The van der Waals surface area contributed by atoms with Gasteiger partial charge in [-0.1, -0.05) is 69.8 Å². The van der Waals surface area contributed by atoms with Crippen molar-refractivity contribution >= 4 is 0 Å². The Bertz CT molecular complexity index is 392. The molecule has 0 aromatic carbocycles. The first kappa shape index (κ1) is 25.4. The van der Waals surface area contributed by atoms with Crippen LogP contribution in [0.3, 0.4) is 0 Å². The molecule has 0 saturated carbocycles. The van der Waals surface area contributed by atoms with Gasteiger partial charge in [0.1, 0.15) is 0 Å². The Morgan fingerprint density at radius 1 is 0.929 bits per heavy atom. The van der Waals surface area contributed by atoms with Gasteiger partial charge in [0.15, 0.2) is 0 Å². The van der Waals surface area contributed by atoms with E-state index in [0.717, 1.165) is 39.1 Å². The van der Waals surface area contributed by atoms with Crippen LogP contribution < -0.4 is 0 Å². The van der Waals surface area contributed by atoms with E-state index in [1.165, 1.54) is 70.6 Å². The van der Waals surface area contributed by atoms with Crippen molar-refractivity contribution < 1.29 is 9.84 Å². The Kier molecular flexibility index (Phi) is 16.7. The monoisotopic (exact) mass is 393 g/mol. The van der Waals surface area contributed by atoms with Crippen molar-refractivity contribution in [1.29, 1.82) is 0 Å². The van der Waals surface area contributed by atoms with Crippen molar-refractivity contribution in [1.82, 2.24) is 4.90 Å². The number of aliphatic hydroxyl groups is 1. The van der Waals surface area contributed by atoms with Gasteiger partial charge in [-0.15, -0.1) is 0 Å². The van der Waals surface area contributed by atoms with Crippen molar-refractivity contribution in [3.05, 3.63) is 24.3 Å². The molecule has 1 aliphatic heterocycles. The van der Waals surface area contributed by atoms with Crippen molar-refractivity contribution in [3.8, 4) is 0 Å². The summed E-state index contributed by atoms with van der Waals surface area (Å²) in [5.74, 6) is 0. The Labute approximate surface area is 175 Å². The van der Waals surface area contributed by atoms with Gasteiger partial charge in [0.25, 0.3) is 0 Å². The predicted molar refractivity (Wildman–Crippen MR) is 122 cm³/mol. The Morgan fingerprint density at radius 3 is 2.25 bits per heavy atom. The molecule has 1 unspecified atom stereocenters. The standard InChI is InChI=1S/C25H47NO2/c1-3-4-5-6-7-8-9-10-11-12-13-14-15-16-17-18-21-28-25-19-20-26(23-25)22-24(2)27/h7-8,10-11,24-25,27H,3-6,9,12-23H2,1-2H3/b8-7-,11-10-/t24?,25-/m0/s1. The molecule has 1 N–H and O–H groups in total. The van der Waals surface area contributed by atoms with Gasteiger partial charge in [-0.25, -0.2) is 0 Å². The average Bonchev–Trinajstić information content (AvgIpc) is 3.10. The zero-order valence-electron chi connectivity index (χ0n) is 18.8. The second kappa shape index (κ2) is 18.4. The highest BCUT2D eigenvalue weighted by atomic mass is 16.5. The molecule has 0 radical (unpaired) electrons. The number of unbranched alkanes of at least 4 members (excludes halogenated alkanes) is 9. The van der Waals surface area contributed by atoms with Crippen molar-refractivity contribution in [2.24, 2.45) is 0 Å². The molecule has 2 atom stereocenters. The van der Waals surface area contributed by atoms with Gasteiger partial charge in [0.05, 0.1) is 12.2 Å². The lowest BCUT2D eigenvalue weighted by Crippen LogP contribution is -2.30. The lowest BCUT2D eigenvalue weighted by Gasteiger charge is -2.17. The minimum atomic E-state index is -0.230. The fourth-order valence-electron chi connectivity index (χ4n) is 3.81. The summed E-state index contributed by atoms with van der Waals surface area (Å²) in [5.41, 5.74) is 0. The first-order valence-electron chi connectivity index (χ1n) is 12.0. The summed E-state index contributed by atoms with van der Waals surface area (Å²) in [6.45, 7) is 7.87. The molecule has 1 saturated heterocycles. The van der Waals surface area contributed by atoms with Crippen LogP contribution in [0.1, 0.15) is 97.3 Å². The van der Waals surface area contributed by atoms with E-state index >= 15 is 0 Å². The second-order valence-electron chi connectivity index (χ2n) is 8.47. The summed E-state index contributed by atoms with van der Waals surface area (Å²) in [5, 5.41) is 9.44. The molecule has 0 spiro atoms. The third-order valence-corrected chi connectivity index (χ3v) is 5.45. The number of likely N-dealkylation sites (tertiary alicyclic amines) is 1. The van der Waals surface area contributed by atoms with E-state index < -0.39 is 0 Å². The van der Waals surface area contributed by atoms with E-state index in [-0.39, 0.29) is 6.10 Å². The molecule has 0 aliphatic carbocycles. The molecular formula is C25H47NO2. The van der Waals surface area contributed by atoms with Crippen molar-refractivity contribution in [2.75, 3.05) is 26.2 Å². The third kappa shape index (κ3) is 15.3. The number of ether oxygens (including phenoxy) is 1. The van der Waals surface area contributed by atoms with Gasteiger partial charge in [-0.05, 0) is 51.9 Å². The Balaban J connectivity index is 1.79. The number of rotatable bonds is 18. The molecule has 1 rings (SSSR count). The maximum Gasteiger partial charge on any atom is 0.0714 e. The molecule has 0 aromatic heterocycles. The van der Waals surface area contributed by atoms with Crippen LogP contribution in [0.4, 0.5) is 0 Å². The number of nitrogens with zero attached hydrogens (tertiary/aromatic N) is 1. The van der Waals surface area contributed by atoms with Crippen LogP contribution in [-0.2, 0) is 4.74 Å². The molecule has 1 fully saturated rings. The summed E-state index contributed by atoms with van der Waals surface area (Å²) in [4.78, 5) is 2.31. The quantitative estimate of drug-likeness (QED) is 0.220. The van der Waals surface area contributed by atoms with Crippen LogP contribution in [0.5, 0.6) is 0 Å². The summed E-state index contributed by atoms with van der Waals surface area (Å²) in [6, 6.07) is 0. The number of allylic oxidation sites excluding steroid dienone is 4. The highest BCUT2D eigenvalue weighted by Gasteiger charge is 2.23. The Hall–Kier alpha value is -0.640. The maximum atomic E-state index is 9.44. The van der Waals surface area contributed by atoms with Crippen LogP contribution in [0.2, 0.25) is 0 Å². The largest absolute Gasteiger partial charge is 0.392 e. The minimum absolute atomic E-state index is 0.230. The minimum Gasteiger partial charge on any atom is -0.392 e. The Morgan fingerprint density at radius 2 is 1.57 bits per heavy atom. The zero-order valence-corrected chi connectivity index (χ0v) is 18.8. The van der Waals surface area contributed by atoms with Crippen molar-refractivity contribution in [3.63, 3.8) is 0 Å². The highest BCUT2D eigenvalue weighted by Crippen LogP contribution is 2.14. The van der Waals surface area contributed by atoms with Crippen LogP contribution in [0.25, 0.3) is 0 Å². The second-order valence-corrected chi connectivity index (χ2v) is 8.47. The molecule has 3 heteroatoms. The van der Waals surface area contributed by atoms with Gasteiger partial charge in [-0.2, -0.15) is 0 Å². The summed E-state index contributed by atoms with van der Waals surface area (Å²) < 4.78 is 6.00. The summed E-state index contributed by atoms with van der Waals surface area (Å²) in [6.07, 6.45) is 26.1. The van der Waals surface area contributed by atoms with Gasteiger partial charge in [0.2, 0.25) is 0 Å². The lowest BCUT2D eigenvalue weighted by molar-refractivity contribution is 0.0518. The zero-order chi connectivity index (χ0) is 20.3. The SMILES string of the molecule is CCCCC/C=C\C/C=C\CCCCCCCCO[C@H]1CCN(CC(C)O)C1. The molecular weight excluding hydrogens is 346 g/mol. The fraction of sp³-hybridized carbons (Fsp3) is 0.840. The molecule has 0 aromatic rings. The van der Waals surface area contributed by atoms with Crippen LogP contribution in [0, 0.1) is 0 Å². The maximum absolute atomic E-state index is 9.44. The van der Waals surface area contributed by atoms with Gasteiger partial charge in [-0.3, -0.25) is 4.90 Å². The molecule has 3 nitrogen and oxygen atoms in total. The molecule has 1 heterocycles. The van der Waals surface area contributed by atoms with E-state index in [2.05, 4.69) is 36.1 Å². The first-order valence-corrected chi connectivity index (χ1v) is 12.0. The molecule has 164 valence electrons. The predicted octanol–water partition coefficient (Wildman–Crippen LogP) is 6.27. The summed E-state index contributed by atoms with van der Waals surface area (Å²) in [7, 11) is 0. The van der Waals surface area contributed by atoms with Crippen LogP contribution >= 0.6 is 0 Å². The van der Waals surface area contributed by atoms with E-state index in [1.807, 2.05) is 6.92 Å². The molecule has 1 aliphatic rings. The van der Waals surface area contributed by atoms with E-state index in [1.54, 1.807) is 0 Å². The summed E-state index contributed by atoms with van der Waals surface area (Å²) >= 11 is 0. The van der Waals surface area contributed by atoms with Crippen molar-refractivity contribution in [2.45, 2.75) is 110 Å². The number of aliphatic hydroxyl groups excluding tert-OH is 1. The first-order chi connectivity index (χ1) is 13.7. The third-order valence-electron chi connectivity index (χ3n) is 5.45.